The van der Waals surface area contributed by atoms with Gasteiger partial charge in [0.2, 0.25) is 0 Å². The molecule has 0 aliphatic carbocycles. The minimum absolute atomic E-state index is 0.0990. The molecule has 0 radical (unpaired) electrons. The second-order valence-corrected chi connectivity index (χ2v) is 6.87. The molecule has 0 saturated carbocycles. The predicted octanol–water partition coefficient (Wildman–Crippen LogP) is 5.26. The Morgan fingerprint density at radius 3 is 2.14 bits per heavy atom. The van der Waals surface area contributed by atoms with E-state index < -0.39 is 5.60 Å². The summed E-state index contributed by atoms with van der Waals surface area (Å²) in [6, 6.07) is 23.0. The van der Waals surface area contributed by atoms with Crippen molar-refractivity contribution in [3.05, 3.63) is 95.8 Å². The van der Waals surface area contributed by atoms with E-state index in [0.717, 1.165) is 11.1 Å². The summed E-state index contributed by atoms with van der Waals surface area (Å²) in [5.74, 6) is 0.594. The van der Waals surface area contributed by atoms with Gasteiger partial charge in [-0.25, -0.2) is 4.39 Å². The highest BCUT2D eigenvalue weighted by atomic mass is 19.1. The van der Waals surface area contributed by atoms with Gasteiger partial charge in [-0.15, -0.1) is 0 Å². The second kappa shape index (κ2) is 9.24. The van der Waals surface area contributed by atoms with E-state index >= 15 is 0 Å². The van der Waals surface area contributed by atoms with Gasteiger partial charge in [0.25, 0.3) is 0 Å². The average molecular weight is 394 g/mol. The molecule has 0 spiro atoms. The molecule has 4 nitrogen and oxygen atoms in total. The monoisotopic (exact) mass is 394 g/mol. The van der Waals surface area contributed by atoms with Crippen molar-refractivity contribution in [1.29, 1.82) is 0 Å². The number of hydrogen-bond acceptors (Lipinski definition) is 4. The summed E-state index contributed by atoms with van der Waals surface area (Å²) in [6.45, 7) is 3.72. The fourth-order valence-corrected chi connectivity index (χ4v) is 2.81. The Balaban J connectivity index is 1.68. The van der Waals surface area contributed by atoms with Crippen molar-refractivity contribution in [2.75, 3.05) is 6.61 Å². The molecule has 29 heavy (non-hydrogen) atoms. The van der Waals surface area contributed by atoms with Gasteiger partial charge in [-0.2, -0.15) is 0 Å². The largest absolute Gasteiger partial charge is 0.489 e. The molecule has 0 fully saturated rings. The van der Waals surface area contributed by atoms with E-state index in [1.54, 1.807) is 12.1 Å². The molecule has 0 N–H and O–H groups in total. The van der Waals surface area contributed by atoms with E-state index in [4.69, 9.17) is 14.2 Å². The van der Waals surface area contributed by atoms with Gasteiger partial charge >= 0.3 is 5.97 Å². The van der Waals surface area contributed by atoms with Gasteiger partial charge in [0, 0.05) is 6.92 Å². The molecule has 3 rings (SSSR count). The van der Waals surface area contributed by atoms with Crippen LogP contribution in [-0.2, 0) is 21.7 Å². The first-order chi connectivity index (χ1) is 13.9. The van der Waals surface area contributed by atoms with E-state index in [1.807, 2.05) is 61.5 Å². The number of hydrogen-bond donors (Lipinski definition) is 0. The molecule has 1 atom stereocenters. The van der Waals surface area contributed by atoms with Crippen molar-refractivity contribution in [3.8, 4) is 11.5 Å². The number of rotatable bonds is 8. The maximum absolute atomic E-state index is 13.0. The number of esters is 1. The van der Waals surface area contributed by atoms with Crippen LogP contribution in [0.5, 0.6) is 11.5 Å². The predicted molar refractivity (Wildman–Crippen MR) is 108 cm³/mol. The molecule has 1 unspecified atom stereocenters. The Morgan fingerprint density at radius 2 is 1.52 bits per heavy atom. The molecule has 0 amide bonds. The highest BCUT2D eigenvalue weighted by Crippen LogP contribution is 2.29. The van der Waals surface area contributed by atoms with Crippen LogP contribution in [0.15, 0.2) is 78.9 Å². The molecule has 3 aromatic rings. The van der Waals surface area contributed by atoms with E-state index in [-0.39, 0.29) is 18.4 Å². The van der Waals surface area contributed by atoms with Gasteiger partial charge < -0.3 is 14.2 Å². The zero-order valence-corrected chi connectivity index (χ0v) is 16.4. The van der Waals surface area contributed by atoms with Crippen LogP contribution in [-0.4, -0.2) is 12.6 Å². The first-order valence-electron chi connectivity index (χ1n) is 9.30. The lowest BCUT2D eigenvalue weighted by molar-refractivity contribution is -0.147. The Kier molecular flexibility index (Phi) is 6.50. The molecule has 5 heteroatoms. The summed E-state index contributed by atoms with van der Waals surface area (Å²) in [5, 5.41) is 0. The van der Waals surface area contributed by atoms with Crippen LogP contribution in [0.4, 0.5) is 4.39 Å². The molecule has 0 aromatic heterocycles. The maximum atomic E-state index is 13.0. The first-order valence-corrected chi connectivity index (χ1v) is 9.30. The van der Waals surface area contributed by atoms with Crippen molar-refractivity contribution < 1.29 is 23.4 Å². The smallest absolute Gasteiger partial charge is 0.302 e. The standard InChI is InChI=1S/C24H23FO4/c1-18(26)28-17-24(2,20-6-4-3-5-7-20)29-23-12-8-19(9-13-23)16-27-22-14-10-21(25)11-15-22/h3-15H,16-17H2,1-2H3. The average Bonchev–Trinajstić information content (AvgIpc) is 2.74. The van der Waals surface area contributed by atoms with Crippen LogP contribution in [0.1, 0.15) is 25.0 Å². The molecule has 0 bridgehead atoms. The lowest BCUT2D eigenvalue weighted by Crippen LogP contribution is -2.35. The van der Waals surface area contributed by atoms with E-state index in [0.29, 0.717) is 18.1 Å². The lowest BCUT2D eigenvalue weighted by atomic mass is 9.96. The summed E-state index contributed by atoms with van der Waals surface area (Å²) in [4.78, 5) is 11.3. The van der Waals surface area contributed by atoms with Gasteiger partial charge in [-0.3, -0.25) is 4.79 Å². The summed E-state index contributed by atoms with van der Waals surface area (Å²) in [7, 11) is 0. The van der Waals surface area contributed by atoms with Gasteiger partial charge in [0.05, 0.1) is 0 Å². The van der Waals surface area contributed by atoms with E-state index in [2.05, 4.69) is 0 Å². The van der Waals surface area contributed by atoms with E-state index in [1.165, 1.54) is 19.1 Å². The summed E-state index contributed by atoms with van der Waals surface area (Å²) in [5.41, 5.74) is 1.03. The van der Waals surface area contributed by atoms with Crippen molar-refractivity contribution in [1.82, 2.24) is 0 Å². The molecule has 0 saturated heterocycles. The highest BCUT2D eigenvalue weighted by Gasteiger charge is 2.30. The number of carbonyl (C=O) groups excluding carboxylic acids is 1. The minimum atomic E-state index is -0.820. The molecule has 0 aliphatic rings. The van der Waals surface area contributed by atoms with Crippen LogP contribution in [0.2, 0.25) is 0 Å². The second-order valence-electron chi connectivity index (χ2n) is 6.87. The van der Waals surface area contributed by atoms with Gasteiger partial charge in [0.15, 0.2) is 5.60 Å². The number of carbonyl (C=O) groups is 1. The third-order valence-electron chi connectivity index (χ3n) is 4.42. The zero-order chi connectivity index (χ0) is 20.7. The Bertz CT molecular complexity index is 923. The summed E-state index contributed by atoms with van der Waals surface area (Å²) < 4.78 is 30.1. The van der Waals surface area contributed by atoms with Crippen LogP contribution < -0.4 is 9.47 Å². The van der Waals surface area contributed by atoms with Crippen LogP contribution >= 0.6 is 0 Å². The van der Waals surface area contributed by atoms with Crippen LogP contribution in [0.25, 0.3) is 0 Å². The number of ether oxygens (including phenoxy) is 3. The molecule has 0 aliphatic heterocycles. The maximum Gasteiger partial charge on any atom is 0.302 e. The van der Waals surface area contributed by atoms with Crippen LogP contribution in [0.3, 0.4) is 0 Å². The van der Waals surface area contributed by atoms with Crippen molar-refractivity contribution in [2.45, 2.75) is 26.1 Å². The third kappa shape index (κ3) is 5.82. The summed E-state index contributed by atoms with van der Waals surface area (Å²) >= 11 is 0. The van der Waals surface area contributed by atoms with Crippen molar-refractivity contribution in [2.24, 2.45) is 0 Å². The lowest BCUT2D eigenvalue weighted by Gasteiger charge is -2.30. The number of benzene rings is 3. The Morgan fingerprint density at radius 1 is 0.897 bits per heavy atom. The van der Waals surface area contributed by atoms with Crippen molar-refractivity contribution >= 4 is 5.97 Å². The molecular formula is C24H23FO4. The van der Waals surface area contributed by atoms with Gasteiger partial charge in [-0.05, 0) is 54.4 Å². The Labute approximate surface area is 169 Å². The highest BCUT2D eigenvalue weighted by molar-refractivity contribution is 5.66. The minimum Gasteiger partial charge on any atom is -0.489 e. The fourth-order valence-electron chi connectivity index (χ4n) is 2.81. The molecular weight excluding hydrogens is 371 g/mol. The topological polar surface area (TPSA) is 44.8 Å². The normalized spacial score (nSPS) is 12.7. The molecule has 0 heterocycles. The Hall–Kier alpha value is -3.34. The molecule has 3 aromatic carbocycles. The van der Waals surface area contributed by atoms with E-state index in [9.17, 15) is 9.18 Å². The first kappa shape index (κ1) is 20.4. The van der Waals surface area contributed by atoms with Gasteiger partial charge in [0.1, 0.15) is 30.5 Å². The van der Waals surface area contributed by atoms with Crippen LogP contribution in [0, 0.1) is 5.82 Å². The molecule has 150 valence electrons. The zero-order valence-electron chi connectivity index (χ0n) is 16.4. The summed E-state index contributed by atoms with van der Waals surface area (Å²) in [6.07, 6.45) is 0. The number of halogens is 1. The van der Waals surface area contributed by atoms with Crippen molar-refractivity contribution in [3.63, 3.8) is 0 Å². The quantitative estimate of drug-likeness (QED) is 0.489. The SMILES string of the molecule is CC(=O)OCC(C)(Oc1ccc(COc2ccc(F)cc2)cc1)c1ccccc1. The fraction of sp³-hybridized carbons (Fsp3) is 0.208. The third-order valence-corrected chi connectivity index (χ3v) is 4.42. The van der Waals surface area contributed by atoms with Gasteiger partial charge in [-0.1, -0.05) is 42.5 Å².